The first kappa shape index (κ1) is 19.4. The summed E-state index contributed by atoms with van der Waals surface area (Å²) in [5.74, 6) is 0.913. The molecule has 1 aliphatic heterocycles. The summed E-state index contributed by atoms with van der Waals surface area (Å²) in [6.45, 7) is 3.72. The number of pyridine rings is 1. The minimum absolute atomic E-state index is 0.0506. The summed E-state index contributed by atoms with van der Waals surface area (Å²) in [5.41, 5.74) is 4.52. The quantitative estimate of drug-likeness (QED) is 0.654. The monoisotopic (exact) mass is 390 g/mol. The summed E-state index contributed by atoms with van der Waals surface area (Å²) >= 11 is 0. The molecule has 0 spiro atoms. The fraction of sp³-hybridized carbons (Fsp3) is 0.333. The Morgan fingerprint density at radius 2 is 1.83 bits per heavy atom. The van der Waals surface area contributed by atoms with Crippen molar-refractivity contribution in [1.29, 1.82) is 0 Å². The number of methoxy groups -OCH3 is 1. The summed E-state index contributed by atoms with van der Waals surface area (Å²) in [7, 11) is 1.55. The average Bonchev–Trinajstić information content (AvgIpc) is 2.76. The number of carbonyl (C=O) groups is 1. The van der Waals surface area contributed by atoms with E-state index in [1.807, 2.05) is 41.4 Å². The third-order valence-corrected chi connectivity index (χ3v) is 5.58. The fourth-order valence-electron chi connectivity index (χ4n) is 3.91. The Hall–Kier alpha value is -2.92. The van der Waals surface area contributed by atoms with Crippen molar-refractivity contribution in [1.82, 2.24) is 9.88 Å². The number of likely N-dealkylation sites (tertiary alicyclic amines) is 1. The number of ether oxygens (including phenoxy) is 2. The van der Waals surface area contributed by atoms with Gasteiger partial charge in [0.15, 0.2) is 0 Å². The van der Waals surface area contributed by atoms with Crippen LogP contribution in [0.15, 0.2) is 54.7 Å². The number of rotatable bonds is 5. The maximum absolute atomic E-state index is 11.9. The summed E-state index contributed by atoms with van der Waals surface area (Å²) < 4.78 is 11.1. The first-order chi connectivity index (χ1) is 14.2. The average molecular weight is 390 g/mol. The maximum Gasteiger partial charge on any atom is 0.248 e. The van der Waals surface area contributed by atoms with Crippen LogP contribution in [0.25, 0.3) is 22.0 Å². The molecule has 1 fully saturated rings. The van der Waals surface area contributed by atoms with Crippen molar-refractivity contribution in [2.75, 3.05) is 26.8 Å². The topological polar surface area (TPSA) is 51.7 Å². The number of hydrogen-bond donors (Lipinski definition) is 0. The van der Waals surface area contributed by atoms with Crippen LogP contribution in [0.1, 0.15) is 18.4 Å². The predicted octanol–water partition coefficient (Wildman–Crippen LogP) is 4.23. The number of piperidine rings is 1. The largest absolute Gasteiger partial charge is 0.490 e. The van der Waals surface area contributed by atoms with Gasteiger partial charge in [-0.1, -0.05) is 30.3 Å². The number of carbonyl (C=O) groups excluding carboxylic acids is 1. The summed E-state index contributed by atoms with van der Waals surface area (Å²) in [6.07, 6.45) is 3.76. The van der Waals surface area contributed by atoms with Crippen molar-refractivity contribution in [2.24, 2.45) is 0 Å². The number of hydrogen-bond acceptors (Lipinski definition) is 4. The molecule has 4 rings (SSSR count). The Morgan fingerprint density at radius 3 is 2.55 bits per heavy atom. The Labute approximate surface area is 171 Å². The second-order valence-electron chi connectivity index (χ2n) is 7.47. The summed E-state index contributed by atoms with van der Waals surface area (Å²) in [6, 6.07) is 16.4. The SMILES string of the molecule is COCC(=O)N1CCC(Oc2ccc(-c3cnc4ccccc4c3C)cc2)CC1. The number of amides is 1. The first-order valence-corrected chi connectivity index (χ1v) is 10.0. The highest BCUT2D eigenvalue weighted by molar-refractivity contribution is 5.88. The molecule has 0 aliphatic carbocycles. The minimum atomic E-state index is 0.0506. The van der Waals surface area contributed by atoms with Gasteiger partial charge in [0, 0.05) is 50.2 Å². The van der Waals surface area contributed by atoms with E-state index in [1.165, 1.54) is 10.9 Å². The molecular formula is C24H26N2O3. The lowest BCUT2D eigenvalue weighted by molar-refractivity contribution is -0.136. The van der Waals surface area contributed by atoms with Gasteiger partial charge in [-0.05, 0) is 36.2 Å². The van der Waals surface area contributed by atoms with E-state index in [-0.39, 0.29) is 18.6 Å². The molecule has 150 valence electrons. The van der Waals surface area contributed by atoms with Crippen LogP contribution in [0.3, 0.4) is 0 Å². The normalized spacial score (nSPS) is 14.9. The van der Waals surface area contributed by atoms with Gasteiger partial charge in [-0.15, -0.1) is 0 Å². The number of fused-ring (bicyclic) bond motifs is 1. The lowest BCUT2D eigenvalue weighted by Gasteiger charge is -2.32. The van der Waals surface area contributed by atoms with Gasteiger partial charge in [0.1, 0.15) is 18.5 Å². The lowest BCUT2D eigenvalue weighted by atomic mass is 9.99. The van der Waals surface area contributed by atoms with Crippen LogP contribution in [0.2, 0.25) is 0 Å². The van der Waals surface area contributed by atoms with E-state index in [4.69, 9.17) is 9.47 Å². The van der Waals surface area contributed by atoms with Crippen LogP contribution in [0.5, 0.6) is 5.75 Å². The molecule has 5 nitrogen and oxygen atoms in total. The number of para-hydroxylation sites is 1. The lowest BCUT2D eigenvalue weighted by Crippen LogP contribution is -2.43. The molecule has 1 amide bonds. The first-order valence-electron chi connectivity index (χ1n) is 10.0. The molecular weight excluding hydrogens is 364 g/mol. The van der Waals surface area contributed by atoms with Crippen LogP contribution < -0.4 is 4.74 Å². The van der Waals surface area contributed by atoms with E-state index in [0.29, 0.717) is 13.1 Å². The van der Waals surface area contributed by atoms with Gasteiger partial charge in [-0.3, -0.25) is 9.78 Å². The van der Waals surface area contributed by atoms with Gasteiger partial charge in [-0.25, -0.2) is 0 Å². The van der Waals surface area contributed by atoms with Crippen molar-refractivity contribution in [3.05, 3.63) is 60.3 Å². The molecule has 0 radical (unpaired) electrons. The smallest absolute Gasteiger partial charge is 0.248 e. The number of aromatic nitrogens is 1. The van der Waals surface area contributed by atoms with Gasteiger partial charge in [0.25, 0.3) is 0 Å². The molecule has 0 atom stereocenters. The molecule has 0 bridgehead atoms. The fourth-order valence-corrected chi connectivity index (χ4v) is 3.91. The van der Waals surface area contributed by atoms with Gasteiger partial charge in [0.05, 0.1) is 5.52 Å². The third kappa shape index (κ3) is 4.25. The number of benzene rings is 2. The van der Waals surface area contributed by atoms with Crippen molar-refractivity contribution in [2.45, 2.75) is 25.9 Å². The van der Waals surface area contributed by atoms with Gasteiger partial charge in [0.2, 0.25) is 5.91 Å². The maximum atomic E-state index is 11.9. The van der Waals surface area contributed by atoms with E-state index >= 15 is 0 Å². The zero-order valence-corrected chi connectivity index (χ0v) is 16.9. The Bertz CT molecular complexity index is 993. The van der Waals surface area contributed by atoms with Crippen LogP contribution in [-0.4, -0.2) is 48.7 Å². The van der Waals surface area contributed by atoms with Gasteiger partial charge < -0.3 is 14.4 Å². The zero-order chi connectivity index (χ0) is 20.2. The van der Waals surface area contributed by atoms with Crippen LogP contribution in [0, 0.1) is 6.92 Å². The van der Waals surface area contributed by atoms with E-state index in [9.17, 15) is 4.79 Å². The molecule has 0 N–H and O–H groups in total. The molecule has 29 heavy (non-hydrogen) atoms. The highest BCUT2D eigenvalue weighted by atomic mass is 16.5. The standard InChI is InChI=1S/C24H26N2O3/c1-17-21-5-3-4-6-23(21)25-15-22(17)18-7-9-19(10-8-18)29-20-11-13-26(14-12-20)24(27)16-28-2/h3-10,15,20H,11-14,16H2,1-2H3. The Morgan fingerprint density at radius 1 is 1.10 bits per heavy atom. The molecule has 1 aromatic heterocycles. The highest BCUT2D eigenvalue weighted by Crippen LogP contribution is 2.30. The molecule has 0 unspecified atom stereocenters. The highest BCUT2D eigenvalue weighted by Gasteiger charge is 2.23. The molecule has 5 heteroatoms. The molecule has 1 saturated heterocycles. The summed E-state index contributed by atoms with van der Waals surface area (Å²) in [5, 5.41) is 1.18. The van der Waals surface area contributed by atoms with E-state index in [2.05, 4.69) is 30.1 Å². The molecule has 1 aliphatic rings. The van der Waals surface area contributed by atoms with Gasteiger partial charge in [-0.2, -0.15) is 0 Å². The van der Waals surface area contributed by atoms with Gasteiger partial charge >= 0.3 is 0 Å². The number of nitrogens with zero attached hydrogens (tertiary/aromatic N) is 2. The van der Waals surface area contributed by atoms with Crippen molar-refractivity contribution in [3.8, 4) is 16.9 Å². The van der Waals surface area contributed by atoms with Crippen molar-refractivity contribution >= 4 is 16.8 Å². The van der Waals surface area contributed by atoms with E-state index in [0.717, 1.165) is 35.2 Å². The third-order valence-electron chi connectivity index (χ3n) is 5.58. The Kier molecular flexibility index (Phi) is 5.76. The van der Waals surface area contributed by atoms with Crippen molar-refractivity contribution in [3.63, 3.8) is 0 Å². The number of aryl methyl sites for hydroxylation is 1. The molecule has 3 aromatic rings. The van der Waals surface area contributed by atoms with E-state index in [1.54, 1.807) is 7.11 Å². The Balaban J connectivity index is 1.42. The second kappa shape index (κ2) is 8.62. The van der Waals surface area contributed by atoms with Crippen LogP contribution in [-0.2, 0) is 9.53 Å². The zero-order valence-electron chi connectivity index (χ0n) is 16.9. The molecule has 0 saturated carbocycles. The van der Waals surface area contributed by atoms with Crippen molar-refractivity contribution < 1.29 is 14.3 Å². The second-order valence-corrected chi connectivity index (χ2v) is 7.47. The minimum Gasteiger partial charge on any atom is -0.490 e. The summed E-state index contributed by atoms with van der Waals surface area (Å²) in [4.78, 5) is 18.3. The van der Waals surface area contributed by atoms with Crippen LogP contribution in [0.4, 0.5) is 0 Å². The van der Waals surface area contributed by atoms with Crippen LogP contribution >= 0.6 is 0 Å². The predicted molar refractivity (Wildman–Crippen MR) is 114 cm³/mol. The van der Waals surface area contributed by atoms with E-state index < -0.39 is 0 Å². The molecule has 2 aromatic carbocycles. The molecule has 2 heterocycles.